The number of hydrogen-bond acceptors (Lipinski definition) is 5. The summed E-state index contributed by atoms with van der Waals surface area (Å²) in [6.07, 6.45) is 1.43. The lowest BCUT2D eigenvalue weighted by molar-refractivity contribution is -0.122. The van der Waals surface area contributed by atoms with Crippen LogP contribution < -0.4 is 5.43 Å². The van der Waals surface area contributed by atoms with Crippen molar-refractivity contribution in [2.45, 2.75) is 4.90 Å². The zero-order valence-electron chi connectivity index (χ0n) is 15.5. The largest absolute Gasteiger partial charge is 0.292 e. The van der Waals surface area contributed by atoms with E-state index in [9.17, 15) is 17.6 Å². The Morgan fingerprint density at radius 3 is 2.31 bits per heavy atom. The molecule has 1 aliphatic rings. The maximum Gasteiger partial charge on any atom is 0.254 e. The van der Waals surface area contributed by atoms with Gasteiger partial charge in [0.05, 0.1) is 17.7 Å². The summed E-state index contributed by atoms with van der Waals surface area (Å²) in [4.78, 5) is 14.1. The van der Waals surface area contributed by atoms with Crippen LogP contribution >= 0.6 is 15.9 Å². The van der Waals surface area contributed by atoms with Crippen LogP contribution in [0.15, 0.2) is 63.0 Å². The summed E-state index contributed by atoms with van der Waals surface area (Å²) < 4.78 is 40.5. The number of nitrogens with one attached hydrogen (secondary N) is 1. The van der Waals surface area contributed by atoms with Gasteiger partial charge in [0, 0.05) is 30.7 Å². The van der Waals surface area contributed by atoms with Gasteiger partial charge in [-0.15, -0.1) is 0 Å². The third-order valence-electron chi connectivity index (χ3n) is 4.42. The topological polar surface area (TPSA) is 82.1 Å². The van der Waals surface area contributed by atoms with E-state index in [0.29, 0.717) is 31.7 Å². The maximum absolute atomic E-state index is 12.8. The average molecular weight is 483 g/mol. The van der Waals surface area contributed by atoms with Crippen LogP contribution in [0, 0.1) is 5.82 Å². The Bertz CT molecular complexity index is 974. The van der Waals surface area contributed by atoms with E-state index in [1.54, 1.807) is 36.4 Å². The van der Waals surface area contributed by atoms with E-state index in [4.69, 9.17) is 0 Å². The van der Waals surface area contributed by atoms with Crippen LogP contribution in [-0.4, -0.2) is 62.5 Å². The summed E-state index contributed by atoms with van der Waals surface area (Å²) in [5, 5.41) is 3.85. The molecule has 2 aromatic rings. The number of carbonyl (C=O) groups is 1. The first-order valence-electron chi connectivity index (χ1n) is 8.90. The van der Waals surface area contributed by atoms with Crippen molar-refractivity contribution in [1.82, 2.24) is 14.6 Å². The number of piperazine rings is 1. The molecule has 1 heterocycles. The van der Waals surface area contributed by atoms with Gasteiger partial charge in [-0.1, -0.05) is 28.1 Å². The fraction of sp³-hybridized carbons (Fsp3) is 0.263. The van der Waals surface area contributed by atoms with E-state index in [1.165, 1.54) is 22.7 Å². The molecule has 0 atom stereocenters. The minimum absolute atomic E-state index is 0.118. The van der Waals surface area contributed by atoms with E-state index in [-0.39, 0.29) is 23.2 Å². The molecule has 0 bridgehead atoms. The zero-order valence-corrected chi connectivity index (χ0v) is 17.9. The summed E-state index contributed by atoms with van der Waals surface area (Å²) in [5.41, 5.74) is 3.09. The molecule has 0 aromatic heterocycles. The lowest BCUT2D eigenvalue weighted by atomic mass is 10.2. The molecule has 154 valence electrons. The minimum atomic E-state index is -3.54. The zero-order chi connectivity index (χ0) is 20.9. The van der Waals surface area contributed by atoms with Crippen LogP contribution in [0.4, 0.5) is 4.39 Å². The molecule has 0 saturated carbocycles. The highest BCUT2D eigenvalue weighted by molar-refractivity contribution is 9.10. The first kappa shape index (κ1) is 21.6. The van der Waals surface area contributed by atoms with Crippen LogP contribution in [0.2, 0.25) is 0 Å². The van der Waals surface area contributed by atoms with Gasteiger partial charge in [0.15, 0.2) is 0 Å². The number of benzene rings is 2. The summed E-state index contributed by atoms with van der Waals surface area (Å²) in [6, 6.07) is 12.2. The van der Waals surface area contributed by atoms with Gasteiger partial charge in [-0.3, -0.25) is 9.69 Å². The Morgan fingerprint density at radius 2 is 1.69 bits per heavy atom. The van der Waals surface area contributed by atoms with Crippen LogP contribution in [0.3, 0.4) is 0 Å². The van der Waals surface area contributed by atoms with E-state index >= 15 is 0 Å². The molecule has 0 unspecified atom stereocenters. The molecule has 29 heavy (non-hydrogen) atoms. The number of nitrogens with zero attached hydrogens (tertiary/aromatic N) is 3. The van der Waals surface area contributed by atoms with Crippen molar-refractivity contribution in [2.24, 2.45) is 5.10 Å². The second-order valence-corrected chi connectivity index (χ2v) is 9.33. The molecule has 2 aromatic carbocycles. The average Bonchev–Trinajstić information content (AvgIpc) is 2.70. The second kappa shape index (κ2) is 9.57. The number of amides is 1. The van der Waals surface area contributed by atoms with Crippen molar-refractivity contribution in [3.63, 3.8) is 0 Å². The molecule has 1 saturated heterocycles. The normalized spacial score (nSPS) is 16.2. The van der Waals surface area contributed by atoms with Crippen molar-refractivity contribution in [1.29, 1.82) is 0 Å². The monoisotopic (exact) mass is 482 g/mol. The fourth-order valence-corrected chi connectivity index (χ4v) is 4.54. The van der Waals surface area contributed by atoms with Crippen LogP contribution in [0.25, 0.3) is 0 Å². The SMILES string of the molecule is O=C(CN1CCN(S(=O)(=O)c2ccc(Br)cc2)CC1)NN=Cc1ccc(F)cc1. The van der Waals surface area contributed by atoms with E-state index < -0.39 is 10.0 Å². The molecule has 1 aliphatic heterocycles. The van der Waals surface area contributed by atoms with Gasteiger partial charge >= 0.3 is 0 Å². The highest BCUT2D eigenvalue weighted by atomic mass is 79.9. The number of halogens is 2. The van der Waals surface area contributed by atoms with Gasteiger partial charge in [0.25, 0.3) is 5.91 Å². The van der Waals surface area contributed by atoms with E-state index in [0.717, 1.165) is 4.47 Å². The smallest absolute Gasteiger partial charge is 0.254 e. The quantitative estimate of drug-likeness (QED) is 0.504. The molecule has 1 amide bonds. The van der Waals surface area contributed by atoms with Crippen LogP contribution in [-0.2, 0) is 14.8 Å². The van der Waals surface area contributed by atoms with Gasteiger partial charge in [-0.05, 0) is 42.0 Å². The Kier molecular flexibility index (Phi) is 7.12. The maximum atomic E-state index is 12.8. The first-order valence-corrected chi connectivity index (χ1v) is 11.1. The minimum Gasteiger partial charge on any atom is -0.292 e. The molecule has 7 nitrogen and oxygen atoms in total. The molecule has 3 rings (SSSR count). The molecular formula is C19H20BrFN4O3S. The van der Waals surface area contributed by atoms with Crippen molar-refractivity contribution < 1.29 is 17.6 Å². The highest BCUT2D eigenvalue weighted by Gasteiger charge is 2.28. The highest BCUT2D eigenvalue weighted by Crippen LogP contribution is 2.20. The Hall–Kier alpha value is -2.14. The van der Waals surface area contributed by atoms with Crippen molar-refractivity contribution in [2.75, 3.05) is 32.7 Å². The second-order valence-electron chi connectivity index (χ2n) is 6.48. The molecule has 0 radical (unpaired) electrons. The van der Waals surface area contributed by atoms with Gasteiger partial charge in [0.1, 0.15) is 5.82 Å². The van der Waals surface area contributed by atoms with Gasteiger partial charge < -0.3 is 0 Å². The van der Waals surface area contributed by atoms with Gasteiger partial charge in [-0.25, -0.2) is 18.2 Å². The van der Waals surface area contributed by atoms with Crippen LogP contribution in [0.5, 0.6) is 0 Å². The van der Waals surface area contributed by atoms with Gasteiger partial charge in [0.2, 0.25) is 10.0 Å². The predicted molar refractivity (Wildman–Crippen MR) is 111 cm³/mol. The predicted octanol–water partition coefficient (Wildman–Crippen LogP) is 2.04. The Morgan fingerprint density at radius 1 is 1.07 bits per heavy atom. The summed E-state index contributed by atoms with van der Waals surface area (Å²) in [5.74, 6) is -0.639. The standard InChI is InChI=1S/C19H20BrFN4O3S/c20-16-3-7-18(8-4-16)29(27,28)25-11-9-24(10-12-25)14-19(26)23-22-13-15-1-5-17(21)6-2-15/h1-8,13H,9-12,14H2,(H,23,26). The third-order valence-corrected chi connectivity index (χ3v) is 6.86. The molecule has 0 aliphatic carbocycles. The molecule has 0 spiro atoms. The van der Waals surface area contributed by atoms with Crippen LogP contribution in [0.1, 0.15) is 5.56 Å². The summed E-state index contributed by atoms with van der Waals surface area (Å²) in [6.45, 7) is 1.64. The number of hydrogen-bond donors (Lipinski definition) is 1. The third kappa shape index (κ3) is 5.92. The number of rotatable bonds is 6. The Balaban J connectivity index is 1.47. The molecular weight excluding hydrogens is 463 g/mol. The Labute approximate surface area is 177 Å². The lowest BCUT2D eigenvalue weighted by Crippen LogP contribution is -2.50. The van der Waals surface area contributed by atoms with Crippen molar-refractivity contribution >= 4 is 38.1 Å². The van der Waals surface area contributed by atoms with E-state index in [2.05, 4.69) is 26.5 Å². The summed E-state index contributed by atoms with van der Waals surface area (Å²) in [7, 11) is -3.54. The van der Waals surface area contributed by atoms with Crippen molar-refractivity contribution in [3.05, 3.63) is 64.4 Å². The summed E-state index contributed by atoms with van der Waals surface area (Å²) >= 11 is 3.29. The first-order chi connectivity index (χ1) is 13.8. The molecule has 1 N–H and O–H groups in total. The fourth-order valence-electron chi connectivity index (χ4n) is 2.85. The molecule has 1 fully saturated rings. The van der Waals surface area contributed by atoms with E-state index in [1.807, 2.05) is 4.90 Å². The molecule has 10 heteroatoms. The van der Waals surface area contributed by atoms with Crippen molar-refractivity contribution in [3.8, 4) is 0 Å². The van der Waals surface area contributed by atoms with Gasteiger partial charge in [-0.2, -0.15) is 9.41 Å². The lowest BCUT2D eigenvalue weighted by Gasteiger charge is -2.33. The number of hydrazone groups is 1. The number of carbonyl (C=O) groups excluding carboxylic acids is 1. The number of sulfonamides is 1.